The second-order valence-electron chi connectivity index (χ2n) is 5.83. The Kier molecular flexibility index (Phi) is 4.78. The molecule has 2 heteroatoms. The summed E-state index contributed by atoms with van der Waals surface area (Å²) >= 11 is 0. The van der Waals surface area contributed by atoms with Gasteiger partial charge in [-0.2, -0.15) is 0 Å². The zero-order chi connectivity index (χ0) is 12.3. The molecule has 0 fully saturated rings. The summed E-state index contributed by atoms with van der Waals surface area (Å²) in [6.07, 6.45) is 1.30. The molecule has 2 atom stereocenters. The van der Waals surface area contributed by atoms with E-state index in [9.17, 15) is 0 Å². The van der Waals surface area contributed by atoms with Crippen LogP contribution >= 0.6 is 0 Å². The van der Waals surface area contributed by atoms with Crippen molar-refractivity contribution in [3.63, 3.8) is 0 Å². The molecule has 0 aromatic carbocycles. The normalized spacial score (nSPS) is 26.3. The molecule has 0 unspecified atom stereocenters. The van der Waals surface area contributed by atoms with E-state index in [1.54, 1.807) is 0 Å². The molecule has 0 amide bonds. The molecule has 1 aliphatic rings. The van der Waals surface area contributed by atoms with Gasteiger partial charge in [0.25, 0.3) is 0 Å². The average molecular weight is 239 g/mol. The van der Waals surface area contributed by atoms with Crippen LogP contribution in [0.3, 0.4) is 0 Å². The van der Waals surface area contributed by atoms with Gasteiger partial charge in [0.15, 0.2) is 0 Å². The lowest BCUT2D eigenvalue weighted by atomic mass is 10.0. The van der Waals surface area contributed by atoms with Crippen molar-refractivity contribution in [3.8, 4) is 0 Å². The molecule has 1 aliphatic heterocycles. The summed E-state index contributed by atoms with van der Waals surface area (Å²) < 4.78 is 0. The maximum absolute atomic E-state index is 4.93. The van der Waals surface area contributed by atoms with Crippen LogP contribution < -0.4 is 0 Å². The molecule has 1 nitrogen and oxygen atoms in total. The van der Waals surface area contributed by atoms with Crippen LogP contribution in [0.5, 0.6) is 0 Å². The third-order valence-corrected chi connectivity index (χ3v) is 11.2. The van der Waals surface area contributed by atoms with Gasteiger partial charge in [-0.15, -0.1) is 0 Å². The zero-order valence-corrected chi connectivity index (χ0v) is 13.0. The molecular formula is C14H29NSi. The van der Waals surface area contributed by atoms with Gasteiger partial charge in [0, 0.05) is 5.71 Å². The van der Waals surface area contributed by atoms with Gasteiger partial charge >= 0.3 is 0 Å². The van der Waals surface area contributed by atoms with Crippen molar-refractivity contribution in [2.75, 3.05) is 0 Å². The highest BCUT2D eigenvalue weighted by molar-refractivity contribution is 6.81. The maximum Gasteiger partial charge on any atom is 0.0586 e. The first-order chi connectivity index (χ1) is 7.50. The van der Waals surface area contributed by atoms with Crippen LogP contribution in [-0.2, 0) is 0 Å². The van der Waals surface area contributed by atoms with Crippen molar-refractivity contribution in [1.29, 1.82) is 0 Å². The minimum Gasteiger partial charge on any atom is -0.291 e. The average Bonchev–Trinajstić information content (AvgIpc) is 2.65. The molecular weight excluding hydrogens is 210 g/mol. The third-order valence-electron chi connectivity index (χ3n) is 4.88. The van der Waals surface area contributed by atoms with Crippen LogP contribution in [-0.4, -0.2) is 19.8 Å². The summed E-state index contributed by atoms with van der Waals surface area (Å²) in [6.45, 7) is 14.2. The van der Waals surface area contributed by atoms with E-state index in [1.165, 1.54) is 30.3 Å². The maximum atomic E-state index is 4.93. The molecule has 94 valence electrons. The minimum atomic E-state index is -1.07. The van der Waals surface area contributed by atoms with E-state index in [2.05, 4.69) is 41.5 Å². The van der Waals surface area contributed by atoms with Gasteiger partial charge in [-0.3, -0.25) is 4.99 Å². The third kappa shape index (κ3) is 2.42. The molecule has 0 saturated heterocycles. The first-order valence-corrected chi connectivity index (χ1v) is 9.73. The van der Waals surface area contributed by atoms with Gasteiger partial charge < -0.3 is 0 Å². The first-order valence-electron chi connectivity index (χ1n) is 7.04. The Morgan fingerprint density at radius 3 is 2.06 bits per heavy atom. The fourth-order valence-electron chi connectivity index (χ4n) is 3.57. The standard InChI is InChI=1S/C14H29NSi/c1-7-16(8-2,9-3)13-10-12(6)15-14(13)11(4)5/h11,13-14H,7-10H2,1-6H3/t13-,14+/m1/s1. The molecule has 0 N–H and O–H groups in total. The van der Waals surface area contributed by atoms with Crippen molar-refractivity contribution >= 4 is 13.8 Å². The van der Waals surface area contributed by atoms with E-state index in [-0.39, 0.29) is 0 Å². The van der Waals surface area contributed by atoms with Crippen LogP contribution in [0, 0.1) is 5.92 Å². The van der Waals surface area contributed by atoms with E-state index in [0.29, 0.717) is 6.04 Å². The summed E-state index contributed by atoms with van der Waals surface area (Å²) in [5.74, 6) is 0.721. The van der Waals surface area contributed by atoms with Crippen LogP contribution in [0.25, 0.3) is 0 Å². The second kappa shape index (κ2) is 5.48. The number of aliphatic imine (C=N–C) groups is 1. The van der Waals surface area contributed by atoms with E-state index in [1.807, 2.05) is 0 Å². The predicted octanol–water partition coefficient (Wildman–Crippen LogP) is 4.75. The monoisotopic (exact) mass is 239 g/mol. The largest absolute Gasteiger partial charge is 0.291 e. The summed E-state index contributed by atoms with van der Waals surface area (Å²) in [5.41, 5.74) is 2.34. The SMILES string of the molecule is CC[Si](CC)(CC)[C@@H]1CC(C)=N[C@H]1C(C)C. The fraction of sp³-hybridized carbons (Fsp3) is 0.929. The van der Waals surface area contributed by atoms with Crippen LogP contribution in [0.4, 0.5) is 0 Å². The quantitative estimate of drug-likeness (QED) is 0.614. The van der Waals surface area contributed by atoms with Gasteiger partial charge in [-0.05, 0) is 24.8 Å². The Labute approximate surface area is 103 Å². The van der Waals surface area contributed by atoms with Crippen LogP contribution in [0.2, 0.25) is 23.7 Å². The van der Waals surface area contributed by atoms with Crippen molar-refractivity contribution in [2.45, 2.75) is 77.7 Å². The molecule has 0 radical (unpaired) electrons. The topological polar surface area (TPSA) is 12.4 Å². The van der Waals surface area contributed by atoms with Crippen molar-refractivity contribution in [2.24, 2.45) is 10.9 Å². The Morgan fingerprint density at radius 2 is 1.69 bits per heavy atom. The highest BCUT2D eigenvalue weighted by Gasteiger charge is 2.44. The first kappa shape index (κ1) is 13.9. The molecule has 0 saturated carbocycles. The van der Waals surface area contributed by atoms with Gasteiger partial charge in [0.1, 0.15) is 0 Å². The lowest BCUT2D eigenvalue weighted by Crippen LogP contribution is -2.42. The van der Waals surface area contributed by atoms with Crippen molar-refractivity contribution in [1.82, 2.24) is 0 Å². The van der Waals surface area contributed by atoms with Gasteiger partial charge in [0.2, 0.25) is 0 Å². The smallest absolute Gasteiger partial charge is 0.0586 e. The molecule has 0 aromatic heterocycles. The lowest BCUT2D eigenvalue weighted by molar-refractivity contribution is 0.482. The summed E-state index contributed by atoms with van der Waals surface area (Å²) in [4.78, 5) is 4.93. The summed E-state index contributed by atoms with van der Waals surface area (Å²) in [6, 6.07) is 4.95. The molecule has 16 heavy (non-hydrogen) atoms. The second-order valence-corrected chi connectivity index (χ2v) is 11.4. The fourth-order valence-corrected chi connectivity index (χ4v) is 8.55. The van der Waals surface area contributed by atoms with Gasteiger partial charge in [-0.1, -0.05) is 52.8 Å². The minimum absolute atomic E-state index is 0.631. The Hall–Kier alpha value is -0.113. The predicted molar refractivity (Wildman–Crippen MR) is 77.3 cm³/mol. The number of hydrogen-bond donors (Lipinski definition) is 0. The van der Waals surface area contributed by atoms with E-state index in [0.717, 1.165) is 11.5 Å². The molecule has 1 rings (SSSR count). The highest BCUT2D eigenvalue weighted by atomic mass is 28.3. The summed E-state index contributed by atoms with van der Waals surface area (Å²) in [7, 11) is -1.07. The van der Waals surface area contributed by atoms with E-state index in [4.69, 9.17) is 4.99 Å². The molecule has 0 aromatic rings. The van der Waals surface area contributed by atoms with Crippen LogP contribution in [0.15, 0.2) is 4.99 Å². The Balaban J connectivity index is 2.94. The lowest BCUT2D eigenvalue weighted by Gasteiger charge is -2.39. The van der Waals surface area contributed by atoms with Crippen molar-refractivity contribution in [3.05, 3.63) is 0 Å². The molecule has 0 bridgehead atoms. The van der Waals surface area contributed by atoms with Gasteiger partial charge in [0.05, 0.1) is 14.1 Å². The Bertz CT molecular complexity index is 245. The zero-order valence-electron chi connectivity index (χ0n) is 12.0. The number of rotatable bonds is 5. The molecule has 0 spiro atoms. The highest BCUT2D eigenvalue weighted by Crippen LogP contribution is 2.44. The van der Waals surface area contributed by atoms with E-state index >= 15 is 0 Å². The molecule has 0 aliphatic carbocycles. The van der Waals surface area contributed by atoms with Crippen molar-refractivity contribution < 1.29 is 0 Å². The summed E-state index contributed by atoms with van der Waals surface area (Å²) in [5, 5.41) is 0. The molecule has 1 heterocycles. The Morgan fingerprint density at radius 1 is 1.19 bits per heavy atom. The van der Waals surface area contributed by atoms with E-state index < -0.39 is 8.07 Å². The van der Waals surface area contributed by atoms with Crippen LogP contribution in [0.1, 0.15) is 48.0 Å². The number of nitrogens with zero attached hydrogens (tertiary/aromatic N) is 1. The van der Waals surface area contributed by atoms with Gasteiger partial charge in [-0.25, -0.2) is 0 Å². The number of hydrogen-bond acceptors (Lipinski definition) is 1.